The molecule has 0 aliphatic carbocycles. The highest BCUT2D eigenvalue weighted by Crippen LogP contribution is 2.38. The van der Waals surface area contributed by atoms with Crippen molar-refractivity contribution in [2.45, 2.75) is 33.1 Å². The Labute approximate surface area is 114 Å². The third-order valence-electron chi connectivity index (χ3n) is 4.30. The van der Waals surface area contributed by atoms with E-state index in [2.05, 4.69) is 29.8 Å². The Morgan fingerprint density at radius 3 is 2.61 bits per heavy atom. The van der Waals surface area contributed by atoms with Crippen LogP contribution in [-0.4, -0.2) is 23.1 Å². The summed E-state index contributed by atoms with van der Waals surface area (Å²) in [6.07, 6.45) is 5.66. The van der Waals surface area contributed by atoms with Crippen LogP contribution in [0.15, 0.2) is 18.3 Å². The predicted octanol–water partition coefficient (Wildman–Crippen LogP) is 2.73. The van der Waals surface area contributed by atoms with Crippen LogP contribution in [0.5, 0.6) is 0 Å². The molecular formula is C14H21N3S. The summed E-state index contributed by atoms with van der Waals surface area (Å²) < 4.78 is 0. The van der Waals surface area contributed by atoms with E-state index in [9.17, 15) is 0 Å². The van der Waals surface area contributed by atoms with E-state index in [1.54, 1.807) is 0 Å². The molecule has 1 aromatic heterocycles. The number of aromatic nitrogens is 1. The van der Waals surface area contributed by atoms with Gasteiger partial charge in [-0.2, -0.15) is 0 Å². The molecule has 0 amide bonds. The highest BCUT2D eigenvalue weighted by molar-refractivity contribution is 7.80. The van der Waals surface area contributed by atoms with Gasteiger partial charge in [-0.05, 0) is 36.8 Å². The van der Waals surface area contributed by atoms with Crippen molar-refractivity contribution >= 4 is 22.9 Å². The van der Waals surface area contributed by atoms with Gasteiger partial charge in [-0.1, -0.05) is 26.1 Å². The molecule has 1 aliphatic heterocycles. The first-order valence-corrected chi connectivity index (χ1v) is 7.02. The lowest BCUT2D eigenvalue weighted by molar-refractivity contribution is 0.301. The molecular weight excluding hydrogens is 242 g/mol. The van der Waals surface area contributed by atoms with Crippen LogP contribution in [0.4, 0.5) is 5.69 Å². The van der Waals surface area contributed by atoms with E-state index in [4.69, 9.17) is 18.0 Å². The number of thiocarbonyl (C=S) groups is 1. The van der Waals surface area contributed by atoms with Gasteiger partial charge in [0.25, 0.3) is 0 Å². The van der Waals surface area contributed by atoms with Gasteiger partial charge >= 0.3 is 0 Å². The monoisotopic (exact) mass is 263 g/mol. The first-order valence-electron chi connectivity index (χ1n) is 6.61. The molecule has 0 bridgehead atoms. The zero-order valence-corrected chi connectivity index (χ0v) is 12.0. The minimum absolute atomic E-state index is 0.361. The third-order valence-corrected chi connectivity index (χ3v) is 4.51. The smallest absolute Gasteiger partial charge is 0.122 e. The molecule has 0 spiro atoms. The van der Waals surface area contributed by atoms with Crippen LogP contribution in [0.2, 0.25) is 0 Å². The third kappa shape index (κ3) is 2.48. The van der Waals surface area contributed by atoms with Crippen LogP contribution in [0.1, 0.15) is 38.8 Å². The molecule has 18 heavy (non-hydrogen) atoms. The number of hydrogen-bond donors (Lipinski definition) is 1. The van der Waals surface area contributed by atoms with Gasteiger partial charge in [0.2, 0.25) is 0 Å². The lowest BCUT2D eigenvalue weighted by Crippen LogP contribution is -2.26. The molecule has 0 saturated carbocycles. The summed E-state index contributed by atoms with van der Waals surface area (Å²) in [7, 11) is 0. The number of nitrogens with zero attached hydrogens (tertiary/aromatic N) is 2. The maximum absolute atomic E-state index is 5.56. The van der Waals surface area contributed by atoms with Crippen molar-refractivity contribution in [2.75, 3.05) is 18.0 Å². The van der Waals surface area contributed by atoms with Crippen LogP contribution in [-0.2, 0) is 0 Å². The summed E-state index contributed by atoms with van der Waals surface area (Å²) in [6.45, 7) is 6.84. The fourth-order valence-corrected chi connectivity index (χ4v) is 2.82. The van der Waals surface area contributed by atoms with Crippen molar-refractivity contribution in [3.8, 4) is 0 Å². The van der Waals surface area contributed by atoms with Gasteiger partial charge in [0.05, 0.1) is 17.6 Å². The molecule has 3 nitrogen and oxygen atoms in total. The summed E-state index contributed by atoms with van der Waals surface area (Å²) in [5.41, 5.74) is 7.93. The average molecular weight is 263 g/mol. The molecule has 0 unspecified atom stereocenters. The molecule has 1 fully saturated rings. The van der Waals surface area contributed by atoms with Gasteiger partial charge in [-0.15, -0.1) is 0 Å². The minimum atomic E-state index is 0.361. The van der Waals surface area contributed by atoms with E-state index in [0.29, 0.717) is 16.1 Å². The van der Waals surface area contributed by atoms with E-state index in [1.165, 1.54) is 24.9 Å². The molecule has 0 atom stereocenters. The minimum Gasteiger partial charge on any atom is -0.388 e. The summed E-state index contributed by atoms with van der Waals surface area (Å²) >= 11 is 4.92. The summed E-state index contributed by atoms with van der Waals surface area (Å²) in [4.78, 5) is 7.09. The van der Waals surface area contributed by atoms with Crippen LogP contribution >= 0.6 is 12.2 Å². The van der Waals surface area contributed by atoms with Crippen molar-refractivity contribution in [3.05, 3.63) is 24.0 Å². The van der Waals surface area contributed by atoms with E-state index in [1.807, 2.05) is 12.3 Å². The fourth-order valence-electron chi connectivity index (χ4n) is 2.70. The highest BCUT2D eigenvalue weighted by Gasteiger charge is 2.34. The van der Waals surface area contributed by atoms with Gasteiger partial charge in [-0.3, -0.25) is 4.98 Å². The molecule has 4 heteroatoms. The number of nitrogens with two attached hydrogens (primary N) is 1. The first-order chi connectivity index (χ1) is 8.60. The standard InChI is InChI=1S/C14H21N3S/c1-3-14(4-2)7-8-17(10-14)11-5-6-12(13(15)18)16-9-11/h5-6,9H,3-4,7-8,10H2,1-2H3,(H2,15,18). The first kappa shape index (κ1) is 13.3. The lowest BCUT2D eigenvalue weighted by atomic mass is 9.82. The lowest BCUT2D eigenvalue weighted by Gasteiger charge is -2.27. The van der Waals surface area contributed by atoms with Crippen LogP contribution in [0, 0.1) is 5.41 Å². The number of rotatable bonds is 4. The number of hydrogen-bond acceptors (Lipinski definition) is 3. The molecule has 98 valence electrons. The molecule has 2 heterocycles. The van der Waals surface area contributed by atoms with E-state index in [-0.39, 0.29) is 0 Å². The van der Waals surface area contributed by atoms with Crippen molar-refractivity contribution in [3.63, 3.8) is 0 Å². The van der Waals surface area contributed by atoms with Crippen molar-refractivity contribution in [1.82, 2.24) is 4.98 Å². The Bertz CT molecular complexity index is 423. The zero-order valence-electron chi connectivity index (χ0n) is 11.1. The van der Waals surface area contributed by atoms with Crippen molar-refractivity contribution < 1.29 is 0 Å². The molecule has 1 aliphatic rings. The Morgan fingerprint density at radius 2 is 2.17 bits per heavy atom. The molecule has 0 aromatic carbocycles. The molecule has 1 aromatic rings. The number of pyridine rings is 1. The fraction of sp³-hybridized carbons (Fsp3) is 0.571. The van der Waals surface area contributed by atoms with Gasteiger partial charge in [0.15, 0.2) is 0 Å². The Balaban J connectivity index is 2.12. The molecule has 2 rings (SSSR count). The SMILES string of the molecule is CCC1(CC)CCN(c2ccc(C(N)=S)nc2)C1. The normalized spacial score (nSPS) is 18.0. The van der Waals surface area contributed by atoms with Crippen LogP contribution < -0.4 is 10.6 Å². The quantitative estimate of drug-likeness (QED) is 0.848. The van der Waals surface area contributed by atoms with Gasteiger partial charge < -0.3 is 10.6 Å². The maximum Gasteiger partial charge on any atom is 0.122 e. The summed E-state index contributed by atoms with van der Waals surface area (Å²) in [6, 6.07) is 3.98. The van der Waals surface area contributed by atoms with E-state index in [0.717, 1.165) is 13.1 Å². The second-order valence-corrected chi connectivity index (χ2v) is 5.58. The van der Waals surface area contributed by atoms with Crippen LogP contribution in [0.25, 0.3) is 0 Å². The Hall–Kier alpha value is -1.16. The second kappa shape index (κ2) is 5.22. The molecule has 2 N–H and O–H groups in total. The topological polar surface area (TPSA) is 42.1 Å². The van der Waals surface area contributed by atoms with Crippen molar-refractivity contribution in [1.29, 1.82) is 0 Å². The number of anilines is 1. The van der Waals surface area contributed by atoms with Crippen LogP contribution in [0.3, 0.4) is 0 Å². The maximum atomic E-state index is 5.56. The summed E-state index contributed by atoms with van der Waals surface area (Å²) in [5, 5.41) is 0. The Kier molecular flexibility index (Phi) is 3.85. The summed E-state index contributed by atoms with van der Waals surface area (Å²) in [5.74, 6) is 0. The van der Waals surface area contributed by atoms with Gasteiger partial charge in [0, 0.05) is 13.1 Å². The zero-order chi connectivity index (χ0) is 13.2. The van der Waals surface area contributed by atoms with Gasteiger partial charge in [-0.25, -0.2) is 0 Å². The van der Waals surface area contributed by atoms with Gasteiger partial charge in [0.1, 0.15) is 4.99 Å². The van der Waals surface area contributed by atoms with Crippen molar-refractivity contribution in [2.24, 2.45) is 11.1 Å². The highest BCUT2D eigenvalue weighted by atomic mass is 32.1. The second-order valence-electron chi connectivity index (χ2n) is 5.14. The largest absolute Gasteiger partial charge is 0.388 e. The predicted molar refractivity (Wildman–Crippen MR) is 80.0 cm³/mol. The molecule has 1 saturated heterocycles. The average Bonchev–Trinajstić information content (AvgIpc) is 2.84. The van der Waals surface area contributed by atoms with E-state index < -0.39 is 0 Å². The van der Waals surface area contributed by atoms with E-state index >= 15 is 0 Å². The molecule has 0 radical (unpaired) electrons. The Morgan fingerprint density at radius 1 is 1.44 bits per heavy atom.